The van der Waals surface area contributed by atoms with Gasteiger partial charge in [0.2, 0.25) is 0 Å². The molecule has 2 N–H and O–H groups in total. The van der Waals surface area contributed by atoms with Crippen molar-refractivity contribution in [3.8, 4) is 0 Å². The normalized spacial score (nSPS) is 18.5. The number of hydrogen-bond donors (Lipinski definition) is 1. The van der Waals surface area contributed by atoms with Crippen molar-refractivity contribution in [2.45, 2.75) is 45.6 Å². The van der Waals surface area contributed by atoms with Gasteiger partial charge in [-0.15, -0.1) is 0 Å². The molecule has 0 radical (unpaired) electrons. The largest absolute Gasteiger partial charge is 0.382 e. The molecule has 1 heterocycles. The molecule has 6 heteroatoms. The molecule has 0 saturated heterocycles. The van der Waals surface area contributed by atoms with Crippen LogP contribution < -0.4 is 10.6 Å². The molecular formula is C15H26N4OS. The van der Waals surface area contributed by atoms with Crippen LogP contribution >= 0.6 is 11.3 Å². The monoisotopic (exact) mass is 310 g/mol. The number of anilines is 2. The van der Waals surface area contributed by atoms with E-state index in [1.165, 1.54) is 11.3 Å². The smallest absolute Gasteiger partial charge is 0.267 e. The summed E-state index contributed by atoms with van der Waals surface area (Å²) >= 11 is 1.37. The lowest BCUT2D eigenvalue weighted by Crippen LogP contribution is -2.40. The van der Waals surface area contributed by atoms with Crippen molar-refractivity contribution in [3.63, 3.8) is 0 Å². The molecule has 1 aromatic heterocycles. The maximum Gasteiger partial charge on any atom is 0.267 e. The van der Waals surface area contributed by atoms with Gasteiger partial charge in [-0.2, -0.15) is 0 Å². The third kappa shape index (κ3) is 3.48. The molecule has 2 rings (SSSR count). The molecule has 1 aromatic rings. The molecule has 0 bridgehead atoms. The van der Waals surface area contributed by atoms with E-state index in [-0.39, 0.29) is 5.91 Å². The Balaban J connectivity index is 2.09. The summed E-state index contributed by atoms with van der Waals surface area (Å²) in [6.45, 7) is 4.60. The molecule has 21 heavy (non-hydrogen) atoms. The van der Waals surface area contributed by atoms with Gasteiger partial charge < -0.3 is 15.5 Å². The Morgan fingerprint density at radius 3 is 2.33 bits per heavy atom. The van der Waals surface area contributed by atoms with Crippen LogP contribution in [0.3, 0.4) is 0 Å². The summed E-state index contributed by atoms with van der Waals surface area (Å²) in [5, 5.41) is 0.772. The molecule has 0 atom stereocenters. The SMILES string of the molecule is CN(C)c1nc(N)c(C(=O)N(C)C2CCC(C)(C)CC2)s1. The lowest BCUT2D eigenvalue weighted by molar-refractivity contribution is 0.0641. The average Bonchev–Trinajstić information content (AvgIpc) is 2.79. The van der Waals surface area contributed by atoms with Crippen LogP contribution in [0.15, 0.2) is 0 Å². The van der Waals surface area contributed by atoms with E-state index in [9.17, 15) is 4.79 Å². The molecule has 0 aliphatic heterocycles. The van der Waals surface area contributed by atoms with Gasteiger partial charge in [-0.25, -0.2) is 4.98 Å². The van der Waals surface area contributed by atoms with E-state index in [4.69, 9.17) is 5.73 Å². The summed E-state index contributed by atoms with van der Waals surface area (Å²) in [5.74, 6) is 0.347. The van der Waals surface area contributed by atoms with E-state index in [1.807, 2.05) is 30.9 Å². The summed E-state index contributed by atoms with van der Waals surface area (Å²) in [6.07, 6.45) is 4.45. The number of rotatable bonds is 3. The highest BCUT2D eigenvalue weighted by molar-refractivity contribution is 7.18. The predicted octanol–water partition coefficient (Wildman–Crippen LogP) is 2.83. The summed E-state index contributed by atoms with van der Waals surface area (Å²) in [7, 11) is 5.69. The first-order valence-electron chi connectivity index (χ1n) is 7.42. The molecule has 1 aliphatic carbocycles. The summed E-state index contributed by atoms with van der Waals surface area (Å²) in [5.41, 5.74) is 6.32. The Hall–Kier alpha value is -1.30. The van der Waals surface area contributed by atoms with E-state index in [0.29, 0.717) is 22.2 Å². The van der Waals surface area contributed by atoms with E-state index >= 15 is 0 Å². The Labute approximate surface area is 131 Å². The van der Waals surface area contributed by atoms with Crippen molar-refractivity contribution in [3.05, 3.63) is 4.88 Å². The van der Waals surface area contributed by atoms with Gasteiger partial charge in [0.1, 0.15) is 10.7 Å². The minimum Gasteiger partial charge on any atom is -0.382 e. The van der Waals surface area contributed by atoms with Crippen molar-refractivity contribution in [1.29, 1.82) is 0 Å². The Morgan fingerprint density at radius 1 is 1.29 bits per heavy atom. The zero-order chi connectivity index (χ0) is 15.8. The van der Waals surface area contributed by atoms with Gasteiger partial charge in [-0.1, -0.05) is 25.2 Å². The third-order valence-electron chi connectivity index (χ3n) is 4.40. The number of amides is 1. The van der Waals surface area contributed by atoms with Crippen molar-refractivity contribution < 1.29 is 4.79 Å². The second-order valence-corrected chi connectivity index (χ2v) is 7.89. The van der Waals surface area contributed by atoms with Crippen LogP contribution in [-0.2, 0) is 0 Å². The van der Waals surface area contributed by atoms with Crippen LogP contribution in [0, 0.1) is 5.41 Å². The summed E-state index contributed by atoms with van der Waals surface area (Å²) in [4.78, 5) is 21.2. The van der Waals surface area contributed by atoms with Crippen LogP contribution in [0.5, 0.6) is 0 Å². The zero-order valence-electron chi connectivity index (χ0n) is 13.6. The van der Waals surface area contributed by atoms with Gasteiger partial charge in [-0.3, -0.25) is 4.79 Å². The average molecular weight is 310 g/mol. The van der Waals surface area contributed by atoms with Crippen LogP contribution in [0.25, 0.3) is 0 Å². The number of nitrogens with zero attached hydrogens (tertiary/aromatic N) is 3. The summed E-state index contributed by atoms with van der Waals surface area (Å²) in [6, 6.07) is 0.315. The van der Waals surface area contributed by atoms with Gasteiger partial charge in [-0.05, 0) is 31.1 Å². The highest BCUT2D eigenvalue weighted by Gasteiger charge is 2.32. The Kier molecular flexibility index (Phi) is 4.46. The van der Waals surface area contributed by atoms with Crippen molar-refractivity contribution in [2.75, 3.05) is 31.8 Å². The lowest BCUT2D eigenvalue weighted by atomic mass is 9.75. The van der Waals surface area contributed by atoms with Crippen molar-refractivity contribution in [2.24, 2.45) is 5.41 Å². The molecule has 118 valence electrons. The topological polar surface area (TPSA) is 62.5 Å². The second kappa shape index (κ2) is 5.83. The van der Waals surface area contributed by atoms with Crippen molar-refractivity contribution in [1.82, 2.24) is 9.88 Å². The first kappa shape index (κ1) is 16.1. The Bertz CT molecular complexity index is 514. The number of nitrogen functional groups attached to an aromatic ring is 1. The maximum absolute atomic E-state index is 12.7. The molecule has 0 unspecified atom stereocenters. The Morgan fingerprint density at radius 2 is 1.86 bits per heavy atom. The number of thiazole rings is 1. The first-order valence-corrected chi connectivity index (χ1v) is 8.24. The van der Waals surface area contributed by atoms with E-state index in [1.54, 1.807) is 0 Å². The number of nitrogens with two attached hydrogens (primary N) is 1. The van der Waals surface area contributed by atoms with E-state index in [0.717, 1.165) is 30.8 Å². The molecule has 1 saturated carbocycles. The van der Waals surface area contributed by atoms with E-state index in [2.05, 4.69) is 18.8 Å². The number of hydrogen-bond acceptors (Lipinski definition) is 5. The molecular weight excluding hydrogens is 284 g/mol. The lowest BCUT2D eigenvalue weighted by Gasteiger charge is -2.38. The molecule has 0 aromatic carbocycles. The minimum absolute atomic E-state index is 0.00260. The molecule has 1 fully saturated rings. The predicted molar refractivity (Wildman–Crippen MR) is 89.0 cm³/mol. The van der Waals surface area contributed by atoms with Gasteiger partial charge in [0, 0.05) is 27.2 Å². The quantitative estimate of drug-likeness (QED) is 0.932. The van der Waals surface area contributed by atoms with Crippen LogP contribution in [-0.4, -0.2) is 43.0 Å². The second-order valence-electron chi connectivity index (χ2n) is 6.92. The van der Waals surface area contributed by atoms with Gasteiger partial charge in [0.05, 0.1) is 0 Å². The highest BCUT2D eigenvalue weighted by Crippen LogP contribution is 2.37. The maximum atomic E-state index is 12.7. The van der Waals surface area contributed by atoms with Crippen LogP contribution in [0.4, 0.5) is 10.9 Å². The van der Waals surface area contributed by atoms with Crippen molar-refractivity contribution >= 4 is 28.2 Å². The fourth-order valence-corrected chi connectivity index (χ4v) is 3.65. The van der Waals surface area contributed by atoms with Gasteiger partial charge >= 0.3 is 0 Å². The van der Waals surface area contributed by atoms with Gasteiger partial charge in [0.25, 0.3) is 5.91 Å². The number of aromatic nitrogens is 1. The minimum atomic E-state index is 0.00260. The number of carbonyl (C=O) groups is 1. The van der Waals surface area contributed by atoms with Gasteiger partial charge in [0.15, 0.2) is 5.13 Å². The molecule has 0 spiro atoms. The zero-order valence-corrected chi connectivity index (χ0v) is 14.5. The summed E-state index contributed by atoms with van der Waals surface area (Å²) < 4.78 is 0. The fraction of sp³-hybridized carbons (Fsp3) is 0.733. The molecule has 1 amide bonds. The highest BCUT2D eigenvalue weighted by atomic mass is 32.1. The van der Waals surface area contributed by atoms with Crippen LogP contribution in [0.2, 0.25) is 0 Å². The van der Waals surface area contributed by atoms with E-state index < -0.39 is 0 Å². The first-order chi connectivity index (χ1) is 9.71. The standard InChI is InChI=1S/C15H26N4OS/c1-15(2)8-6-10(7-9-15)19(5)13(20)11-12(16)17-14(21-11)18(3)4/h10H,6-9,16H2,1-5H3. The fourth-order valence-electron chi connectivity index (χ4n) is 2.76. The molecule has 1 aliphatic rings. The van der Waals surface area contributed by atoms with Crippen LogP contribution in [0.1, 0.15) is 49.2 Å². The third-order valence-corrected chi connectivity index (χ3v) is 5.62. The molecule has 5 nitrogen and oxygen atoms in total. The number of carbonyl (C=O) groups excluding carboxylic acids is 1.